The number of fused-ring (bicyclic) bond motifs is 1. The zero-order valence-corrected chi connectivity index (χ0v) is 20.2. The Balaban J connectivity index is 1.93. The summed E-state index contributed by atoms with van der Waals surface area (Å²) in [5.41, 5.74) is -2.00. The molecule has 4 rings (SSSR count). The number of benzene rings is 2. The van der Waals surface area contributed by atoms with E-state index in [2.05, 4.69) is 23.1 Å². The van der Waals surface area contributed by atoms with Crippen LogP contribution in [0.5, 0.6) is 5.75 Å². The van der Waals surface area contributed by atoms with Crippen molar-refractivity contribution in [1.29, 1.82) is 0 Å². The number of nitrogens with zero attached hydrogens (tertiary/aromatic N) is 4. The van der Waals surface area contributed by atoms with Crippen molar-refractivity contribution in [3.63, 3.8) is 0 Å². The lowest BCUT2D eigenvalue weighted by Crippen LogP contribution is -2.48. The predicted octanol–water partition coefficient (Wildman–Crippen LogP) is 5.17. The predicted molar refractivity (Wildman–Crippen MR) is 130 cm³/mol. The van der Waals surface area contributed by atoms with Crippen LogP contribution in [0.3, 0.4) is 0 Å². The highest BCUT2D eigenvalue weighted by Crippen LogP contribution is 2.43. The van der Waals surface area contributed by atoms with Crippen molar-refractivity contribution in [3.8, 4) is 16.9 Å². The molecule has 0 aliphatic carbocycles. The molecule has 13 heteroatoms. The summed E-state index contributed by atoms with van der Waals surface area (Å²) in [6.07, 6.45) is -3.12. The summed E-state index contributed by atoms with van der Waals surface area (Å²) in [4.78, 5) is 33.6. The fourth-order valence-electron chi connectivity index (χ4n) is 4.03. The monoisotopic (exact) mass is 552 g/mol. The molecule has 1 aliphatic rings. The third-order valence-electron chi connectivity index (χ3n) is 5.78. The highest BCUT2D eigenvalue weighted by molar-refractivity contribution is 6.34. The first-order valence-corrected chi connectivity index (χ1v) is 11.4. The third-order valence-corrected chi connectivity index (χ3v) is 6.08. The molecule has 7 nitrogen and oxygen atoms in total. The van der Waals surface area contributed by atoms with E-state index < -0.39 is 52.0 Å². The maximum atomic E-state index is 16.0. The Morgan fingerprint density at radius 1 is 1.03 bits per heavy atom. The van der Waals surface area contributed by atoms with E-state index >= 15 is 4.39 Å². The first-order chi connectivity index (χ1) is 18.0. The van der Waals surface area contributed by atoms with Crippen LogP contribution >= 0.6 is 11.6 Å². The van der Waals surface area contributed by atoms with Gasteiger partial charge in [0.25, 0.3) is 0 Å². The van der Waals surface area contributed by atoms with Gasteiger partial charge >= 0.3 is 12.1 Å². The van der Waals surface area contributed by atoms with Gasteiger partial charge in [-0.2, -0.15) is 13.2 Å². The van der Waals surface area contributed by atoms with Gasteiger partial charge in [0.05, 0.1) is 10.6 Å². The van der Waals surface area contributed by atoms with Gasteiger partial charge in [0, 0.05) is 43.2 Å². The minimum absolute atomic E-state index is 0.0823. The number of amides is 1. The lowest BCUT2D eigenvalue weighted by molar-refractivity contribution is -0.144. The summed E-state index contributed by atoms with van der Waals surface area (Å²) in [7, 11) is 0. The number of esters is 1. The number of halogens is 6. The Labute approximate surface area is 217 Å². The first-order valence-electron chi connectivity index (χ1n) is 11.0. The summed E-state index contributed by atoms with van der Waals surface area (Å²) in [6.45, 7) is 7.12. The van der Waals surface area contributed by atoms with Crippen molar-refractivity contribution < 1.29 is 36.3 Å². The van der Waals surface area contributed by atoms with Gasteiger partial charge in [-0.1, -0.05) is 30.8 Å². The second kappa shape index (κ2) is 10.4. The standard InChI is InChI=1S/C25H18ClF5N4O3/c1-3-17(36)34-8-10-35(11-9-34)23-13-12-14(26)19(21(28)22(13)32-24(33-23)25(29,30)31)20-15(27)6-5-7-16(20)38-18(37)4-2/h3-7,12H,1-2,8-11H2. The molecule has 3 aromatic rings. The molecule has 0 radical (unpaired) electrons. The van der Waals surface area contributed by atoms with Gasteiger partial charge in [-0.05, 0) is 24.3 Å². The van der Waals surface area contributed by atoms with Crippen molar-refractivity contribution in [2.24, 2.45) is 0 Å². The highest BCUT2D eigenvalue weighted by Gasteiger charge is 2.37. The Morgan fingerprint density at radius 2 is 1.71 bits per heavy atom. The van der Waals surface area contributed by atoms with Crippen LogP contribution in [-0.4, -0.2) is 52.9 Å². The van der Waals surface area contributed by atoms with Crippen LogP contribution in [0.1, 0.15) is 5.82 Å². The van der Waals surface area contributed by atoms with Gasteiger partial charge in [-0.15, -0.1) is 0 Å². The van der Waals surface area contributed by atoms with Crippen LogP contribution in [-0.2, 0) is 15.8 Å². The van der Waals surface area contributed by atoms with E-state index in [-0.39, 0.29) is 48.3 Å². The molecule has 1 aliphatic heterocycles. The Morgan fingerprint density at radius 3 is 2.32 bits per heavy atom. The van der Waals surface area contributed by atoms with Crippen molar-refractivity contribution >= 4 is 40.2 Å². The number of ether oxygens (including phenoxy) is 1. The van der Waals surface area contributed by atoms with Crippen LogP contribution in [0.4, 0.5) is 27.8 Å². The summed E-state index contributed by atoms with van der Waals surface area (Å²) >= 11 is 6.35. The van der Waals surface area contributed by atoms with E-state index in [4.69, 9.17) is 16.3 Å². The number of piperazine rings is 1. The molecule has 0 spiro atoms. The van der Waals surface area contributed by atoms with E-state index in [0.29, 0.717) is 0 Å². The first kappa shape index (κ1) is 27.0. The topological polar surface area (TPSA) is 75.6 Å². The lowest BCUT2D eigenvalue weighted by Gasteiger charge is -2.35. The molecular weight excluding hydrogens is 535 g/mol. The summed E-state index contributed by atoms with van der Waals surface area (Å²) < 4.78 is 77.1. The van der Waals surface area contributed by atoms with E-state index in [0.717, 1.165) is 30.4 Å². The third kappa shape index (κ3) is 5.03. The number of carbonyl (C=O) groups is 2. The maximum Gasteiger partial charge on any atom is 0.451 e. The zero-order valence-electron chi connectivity index (χ0n) is 19.5. The van der Waals surface area contributed by atoms with Crippen molar-refractivity contribution in [3.05, 3.63) is 72.1 Å². The van der Waals surface area contributed by atoms with E-state index in [1.807, 2.05) is 0 Å². The van der Waals surface area contributed by atoms with E-state index in [1.165, 1.54) is 15.9 Å². The molecule has 2 heterocycles. The molecular formula is C25H18ClF5N4O3. The number of rotatable bonds is 5. The number of hydrogen-bond acceptors (Lipinski definition) is 6. The van der Waals surface area contributed by atoms with Crippen LogP contribution in [0.25, 0.3) is 22.0 Å². The van der Waals surface area contributed by atoms with Crippen molar-refractivity contribution in [2.75, 3.05) is 31.1 Å². The Bertz CT molecular complexity index is 1470. The molecule has 0 saturated carbocycles. The Kier molecular flexibility index (Phi) is 7.36. The molecule has 38 heavy (non-hydrogen) atoms. The normalized spacial score (nSPS) is 13.9. The molecule has 2 aromatic carbocycles. The van der Waals surface area contributed by atoms with Gasteiger partial charge in [0.1, 0.15) is 22.9 Å². The molecule has 0 N–H and O–H groups in total. The van der Waals surface area contributed by atoms with Crippen LogP contribution < -0.4 is 9.64 Å². The Hall–Kier alpha value is -4.06. The van der Waals surface area contributed by atoms with Gasteiger partial charge in [-0.25, -0.2) is 23.5 Å². The largest absolute Gasteiger partial charge is 0.451 e. The van der Waals surface area contributed by atoms with E-state index in [9.17, 15) is 27.2 Å². The molecule has 0 atom stereocenters. The second-order valence-corrected chi connectivity index (χ2v) is 8.47. The SMILES string of the molecule is C=CC(=O)Oc1cccc(F)c1-c1c(Cl)cc2c(N3CCN(C(=O)C=C)CC3)nc(C(F)(F)F)nc2c1F. The smallest absolute Gasteiger partial charge is 0.423 e. The number of anilines is 1. The van der Waals surface area contributed by atoms with Crippen molar-refractivity contribution in [2.45, 2.75) is 6.18 Å². The van der Waals surface area contributed by atoms with Crippen LogP contribution in [0, 0.1) is 11.6 Å². The number of carbonyl (C=O) groups excluding carboxylic acids is 2. The average molecular weight is 553 g/mol. The zero-order chi connectivity index (χ0) is 27.8. The van der Waals surface area contributed by atoms with Crippen molar-refractivity contribution in [1.82, 2.24) is 14.9 Å². The average Bonchev–Trinajstić information content (AvgIpc) is 2.88. The summed E-state index contributed by atoms with van der Waals surface area (Å²) in [5, 5.41) is -0.546. The fraction of sp³-hybridized carbons (Fsp3) is 0.200. The molecule has 1 amide bonds. The number of hydrogen-bond donors (Lipinski definition) is 0. The minimum atomic E-state index is -5.04. The number of aromatic nitrogens is 2. The molecule has 1 aromatic heterocycles. The molecule has 0 unspecified atom stereocenters. The van der Waals surface area contributed by atoms with E-state index in [1.54, 1.807) is 0 Å². The van der Waals surface area contributed by atoms with Gasteiger partial charge in [-0.3, -0.25) is 4.79 Å². The number of alkyl halides is 3. The minimum Gasteiger partial charge on any atom is -0.423 e. The van der Waals surface area contributed by atoms with Crippen LogP contribution in [0.15, 0.2) is 49.6 Å². The van der Waals surface area contributed by atoms with Crippen LogP contribution in [0.2, 0.25) is 5.02 Å². The maximum absolute atomic E-state index is 16.0. The second-order valence-electron chi connectivity index (χ2n) is 8.07. The fourth-order valence-corrected chi connectivity index (χ4v) is 4.31. The van der Waals surface area contributed by atoms with Gasteiger partial charge in [0.15, 0.2) is 5.82 Å². The quantitative estimate of drug-likeness (QED) is 0.188. The molecule has 1 saturated heterocycles. The molecule has 1 fully saturated rings. The summed E-state index contributed by atoms with van der Waals surface area (Å²) in [5.74, 6) is -6.05. The summed E-state index contributed by atoms with van der Waals surface area (Å²) in [6, 6.07) is 4.42. The van der Waals surface area contributed by atoms with Gasteiger partial charge < -0.3 is 14.5 Å². The van der Waals surface area contributed by atoms with Gasteiger partial charge in [0.2, 0.25) is 11.7 Å². The molecule has 0 bridgehead atoms. The molecule has 198 valence electrons. The highest BCUT2D eigenvalue weighted by atomic mass is 35.5. The lowest BCUT2D eigenvalue weighted by atomic mass is 10.0.